The van der Waals surface area contributed by atoms with Gasteiger partial charge in [-0.15, -0.1) is 0 Å². The van der Waals surface area contributed by atoms with E-state index in [4.69, 9.17) is 16.3 Å². The Morgan fingerprint density at radius 1 is 1.28 bits per heavy atom. The lowest BCUT2D eigenvalue weighted by Crippen LogP contribution is -2.47. The van der Waals surface area contributed by atoms with Gasteiger partial charge in [-0.25, -0.2) is 13.2 Å². The number of hydrogen-bond acceptors (Lipinski definition) is 6. The molecule has 1 aliphatic rings. The van der Waals surface area contributed by atoms with E-state index in [2.05, 4.69) is 4.74 Å². The molecule has 0 bridgehead atoms. The maximum Gasteiger partial charge on any atom is 0.341 e. The number of carboxylic acid groups (broad SMARTS) is 1. The molecule has 0 amide bonds. The van der Waals surface area contributed by atoms with E-state index in [9.17, 15) is 23.1 Å². The molecule has 10 heteroatoms. The van der Waals surface area contributed by atoms with Crippen molar-refractivity contribution in [3.05, 3.63) is 22.7 Å². The van der Waals surface area contributed by atoms with E-state index in [0.717, 1.165) is 17.5 Å². The summed E-state index contributed by atoms with van der Waals surface area (Å²) < 4.78 is 36.8. The van der Waals surface area contributed by atoms with Gasteiger partial charge in [-0.2, -0.15) is 4.31 Å². The van der Waals surface area contributed by atoms with E-state index in [-0.39, 0.29) is 34.2 Å². The Kier molecular flexibility index (Phi) is 5.91. The molecule has 138 valence electrons. The Morgan fingerprint density at radius 3 is 2.52 bits per heavy atom. The van der Waals surface area contributed by atoms with E-state index in [0.29, 0.717) is 12.8 Å². The number of rotatable bonds is 5. The number of methoxy groups -OCH3 is 2. The van der Waals surface area contributed by atoms with Crippen molar-refractivity contribution in [3.63, 3.8) is 0 Å². The molecule has 1 unspecified atom stereocenters. The predicted molar refractivity (Wildman–Crippen MR) is 88.5 cm³/mol. The molecule has 0 saturated carbocycles. The van der Waals surface area contributed by atoms with Gasteiger partial charge in [0, 0.05) is 11.6 Å². The predicted octanol–water partition coefficient (Wildman–Crippen LogP) is 1.76. The lowest BCUT2D eigenvalue weighted by atomic mass is 10.1. The maximum atomic E-state index is 13.1. The highest BCUT2D eigenvalue weighted by Gasteiger charge is 2.40. The number of piperidine rings is 1. The van der Waals surface area contributed by atoms with Crippen molar-refractivity contribution >= 4 is 33.6 Å². The molecule has 0 radical (unpaired) electrons. The number of benzene rings is 1. The summed E-state index contributed by atoms with van der Waals surface area (Å²) in [5, 5.41) is 9.33. The summed E-state index contributed by atoms with van der Waals surface area (Å²) in [7, 11) is -1.90. The molecule has 1 heterocycles. The molecule has 0 aliphatic carbocycles. The molecule has 1 atom stereocenters. The van der Waals surface area contributed by atoms with Crippen LogP contribution in [0, 0.1) is 0 Å². The molecule has 2 rings (SSSR count). The van der Waals surface area contributed by atoms with Crippen LogP contribution in [0.3, 0.4) is 0 Å². The van der Waals surface area contributed by atoms with Crippen LogP contribution in [0.25, 0.3) is 0 Å². The smallest absolute Gasteiger partial charge is 0.341 e. The second-order valence-corrected chi connectivity index (χ2v) is 7.74. The van der Waals surface area contributed by atoms with Crippen LogP contribution in [0.5, 0.6) is 5.75 Å². The van der Waals surface area contributed by atoms with Gasteiger partial charge in [0.2, 0.25) is 10.0 Å². The van der Waals surface area contributed by atoms with Gasteiger partial charge in [0.25, 0.3) is 0 Å². The third-order valence-electron chi connectivity index (χ3n) is 3.95. The lowest BCUT2D eigenvalue weighted by Gasteiger charge is -2.32. The number of halogens is 1. The van der Waals surface area contributed by atoms with Gasteiger partial charge in [0.1, 0.15) is 16.5 Å². The summed E-state index contributed by atoms with van der Waals surface area (Å²) in [4.78, 5) is 23.0. The lowest BCUT2D eigenvalue weighted by molar-refractivity contribution is -0.142. The van der Waals surface area contributed by atoms with E-state index in [1.807, 2.05) is 0 Å². The van der Waals surface area contributed by atoms with Crippen LogP contribution < -0.4 is 4.74 Å². The summed E-state index contributed by atoms with van der Waals surface area (Å²) in [6, 6.07) is 1.19. The molecule has 0 spiro atoms. The second kappa shape index (κ2) is 7.59. The third kappa shape index (κ3) is 3.73. The number of carbonyl (C=O) groups excluding carboxylic acids is 1. The van der Waals surface area contributed by atoms with Crippen LogP contribution in [-0.2, 0) is 19.6 Å². The van der Waals surface area contributed by atoms with Crippen molar-refractivity contribution in [3.8, 4) is 5.75 Å². The van der Waals surface area contributed by atoms with Crippen LogP contribution in [0.15, 0.2) is 17.0 Å². The first-order valence-electron chi connectivity index (χ1n) is 7.44. The zero-order valence-electron chi connectivity index (χ0n) is 13.7. The van der Waals surface area contributed by atoms with Gasteiger partial charge in [-0.05, 0) is 31.4 Å². The van der Waals surface area contributed by atoms with Crippen molar-refractivity contribution in [1.29, 1.82) is 0 Å². The minimum absolute atomic E-state index is 0.0105. The average Bonchev–Trinajstić information content (AvgIpc) is 2.60. The number of hydrogen-bond donors (Lipinski definition) is 1. The molecule has 1 aromatic carbocycles. The fourth-order valence-electron chi connectivity index (χ4n) is 2.80. The summed E-state index contributed by atoms with van der Waals surface area (Å²) >= 11 is 5.96. The van der Waals surface area contributed by atoms with Crippen LogP contribution in [0.4, 0.5) is 0 Å². The van der Waals surface area contributed by atoms with Crippen molar-refractivity contribution in [2.45, 2.75) is 30.2 Å². The van der Waals surface area contributed by atoms with E-state index in [1.165, 1.54) is 13.2 Å². The van der Waals surface area contributed by atoms with Crippen molar-refractivity contribution < 1.29 is 32.6 Å². The quantitative estimate of drug-likeness (QED) is 0.761. The zero-order valence-corrected chi connectivity index (χ0v) is 15.3. The molecule has 1 N–H and O–H groups in total. The molecule has 1 fully saturated rings. The van der Waals surface area contributed by atoms with Gasteiger partial charge >= 0.3 is 11.9 Å². The highest BCUT2D eigenvalue weighted by molar-refractivity contribution is 7.89. The molecule has 1 saturated heterocycles. The fourth-order valence-corrected chi connectivity index (χ4v) is 4.94. The van der Waals surface area contributed by atoms with Gasteiger partial charge in [-0.3, -0.25) is 4.79 Å². The number of sulfonamides is 1. The SMILES string of the molecule is COC(=O)c1cc(Cl)cc(S(=O)(=O)N2CCCCC2C(=O)O)c1OC. The first kappa shape index (κ1) is 19.5. The molecule has 8 nitrogen and oxygen atoms in total. The number of nitrogens with zero attached hydrogens (tertiary/aromatic N) is 1. The van der Waals surface area contributed by atoms with E-state index in [1.54, 1.807) is 0 Å². The van der Waals surface area contributed by atoms with Crippen LogP contribution >= 0.6 is 11.6 Å². The van der Waals surface area contributed by atoms with Crippen molar-refractivity contribution in [2.24, 2.45) is 0 Å². The number of aliphatic carboxylic acids is 1. The second-order valence-electron chi connectivity index (χ2n) is 5.44. The summed E-state index contributed by atoms with van der Waals surface area (Å²) in [5.74, 6) is -2.27. The molecular weight excluding hydrogens is 374 g/mol. The number of carboxylic acids is 1. The van der Waals surface area contributed by atoms with E-state index >= 15 is 0 Å². The highest BCUT2D eigenvalue weighted by atomic mass is 35.5. The Balaban J connectivity index is 2.64. The normalized spacial score (nSPS) is 18.6. The summed E-state index contributed by atoms with van der Waals surface area (Å²) in [6.07, 6.45) is 1.36. The third-order valence-corrected chi connectivity index (χ3v) is 6.09. The number of ether oxygens (including phenoxy) is 2. The topological polar surface area (TPSA) is 110 Å². The summed E-state index contributed by atoms with van der Waals surface area (Å²) in [6.45, 7) is 0.0581. The maximum absolute atomic E-state index is 13.1. The van der Waals surface area contributed by atoms with Crippen LogP contribution in [0.2, 0.25) is 5.02 Å². The first-order valence-corrected chi connectivity index (χ1v) is 9.26. The number of carbonyl (C=O) groups is 2. The van der Waals surface area contributed by atoms with Crippen molar-refractivity contribution in [2.75, 3.05) is 20.8 Å². The minimum Gasteiger partial charge on any atom is -0.494 e. The Morgan fingerprint density at radius 2 is 1.96 bits per heavy atom. The Labute approximate surface area is 150 Å². The van der Waals surface area contributed by atoms with Gasteiger partial charge in [-0.1, -0.05) is 11.6 Å². The van der Waals surface area contributed by atoms with Crippen LogP contribution in [-0.4, -0.2) is 56.6 Å². The molecule has 1 aromatic rings. The van der Waals surface area contributed by atoms with Crippen LogP contribution in [0.1, 0.15) is 29.6 Å². The van der Waals surface area contributed by atoms with Crippen molar-refractivity contribution in [1.82, 2.24) is 4.31 Å². The van der Waals surface area contributed by atoms with Gasteiger partial charge < -0.3 is 14.6 Å². The molecule has 1 aliphatic heterocycles. The Bertz CT molecular complexity index is 793. The largest absolute Gasteiger partial charge is 0.494 e. The molecular formula is C15H18ClNO7S. The monoisotopic (exact) mass is 391 g/mol. The highest BCUT2D eigenvalue weighted by Crippen LogP contribution is 2.36. The molecule has 0 aromatic heterocycles. The fraction of sp³-hybridized carbons (Fsp3) is 0.467. The number of esters is 1. The minimum atomic E-state index is -4.25. The van der Waals surface area contributed by atoms with Gasteiger partial charge in [0.15, 0.2) is 5.75 Å². The van der Waals surface area contributed by atoms with Gasteiger partial charge in [0.05, 0.1) is 14.2 Å². The summed E-state index contributed by atoms with van der Waals surface area (Å²) in [5.41, 5.74) is -0.153. The Hall–Kier alpha value is -1.84. The standard InChI is InChI=1S/C15H18ClNO7S/c1-23-13-10(15(20)24-2)7-9(16)8-12(13)25(21,22)17-6-4-3-5-11(17)14(18)19/h7-8,11H,3-6H2,1-2H3,(H,18,19). The zero-order chi connectivity index (χ0) is 18.8. The van der Waals surface area contributed by atoms with E-state index < -0.39 is 28.0 Å². The average molecular weight is 392 g/mol. The first-order chi connectivity index (χ1) is 11.7. The molecule has 25 heavy (non-hydrogen) atoms.